The van der Waals surface area contributed by atoms with Crippen LogP contribution >= 0.6 is 0 Å². The Morgan fingerprint density at radius 3 is 2.39 bits per heavy atom. The van der Waals surface area contributed by atoms with E-state index in [0.29, 0.717) is 11.5 Å². The van der Waals surface area contributed by atoms with Gasteiger partial charge in [-0.05, 0) is 38.5 Å². The lowest BCUT2D eigenvalue weighted by Gasteiger charge is -2.29. The fourth-order valence-corrected chi connectivity index (χ4v) is 4.31. The maximum absolute atomic E-state index is 13.0. The molecule has 2 aliphatic rings. The number of carbonyl (C=O) groups is 3. The van der Waals surface area contributed by atoms with Crippen molar-refractivity contribution in [1.82, 2.24) is 10.2 Å². The van der Waals surface area contributed by atoms with Crippen LogP contribution in [0.4, 0.5) is 0 Å². The van der Waals surface area contributed by atoms with Crippen molar-refractivity contribution in [3.05, 3.63) is 23.8 Å². The number of methoxy groups -OCH3 is 2. The number of nitrogens with one attached hydrogen (secondary N) is 1. The minimum atomic E-state index is -1.30. The lowest BCUT2D eigenvalue weighted by Crippen LogP contribution is -2.54. The van der Waals surface area contributed by atoms with E-state index in [1.807, 2.05) is 0 Å². The summed E-state index contributed by atoms with van der Waals surface area (Å²) in [6.07, 6.45) is 0. The highest BCUT2D eigenvalue weighted by Crippen LogP contribution is 2.49. The number of esters is 1. The van der Waals surface area contributed by atoms with E-state index in [0.717, 1.165) is 5.56 Å². The van der Waals surface area contributed by atoms with Gasteiger partial charge in [0.2, 0.25) is 11.8 Å². The van der Waals surface area contributed by atoms with Gasteiger partial charge in [0.25, 0.3) is 0 Å². The van der Waals surface area contributed by atoms with Crippen LogP contribution in [0.2, 0.25) is 0 Å². The minimum absolute atomic E-state index is 0.189. The van der Waals surface area contributed by atoms with E-state index in [1.54, 1.807) is 39.0 Å². The van der Waals surface area contributed by atoms with Crippen LogP contribution in [0.15, 0.2) is 18.2 Å². The Balaban J connectivity index is 2.09. The molecule has 3 rings (SSSR count). The molecule has 0 aliphatic carbocycles. The van der Waals surface area contributed by atoms with Crippen molar-refractivity contribution < 1.29 is 28.6 Å². The molecule has 0 saturated carbocycles. The summed E-state index contributed by atoms with van der Waals surface area (Å²) in [4.78, 5) is 40.0. The van der Waals surface area contributed by atoms with Crippen molar-refractivity contribution in [1.29, 1.82) is 0 Å². The molecule has 152 valence electrons. The number of ether oxygens (including phenoxy) is 3. The van der Waals surface area contributed by atoms with Gasteiger partial charge in [-0.15, -0.1) is 0 Å². The summed E-state index contributed by atoms with van der Waals surface area (Å²) in [5.74, 6) is -1.62. The highest BCUT2D eigenvalue weighted by molar-refractivity contribution is 6.09. The predicted octanol–water partition coefficient (Wildman–Crippen LogP) is 1.29. The maximum Gasteiger partial charge on any atom is 0.326 e. The zero-order chi connectivity index (χ0) is 20.6. The average Bonchev–Trinajstić information content (AvgIpc) is 3.15. The minimum Gasteiger partial charge on any atom is -0.493 e. The highest BCUT2D eigenvalue weighted by atomic mass is 16.5. The molecule has 2 saturated heterocycles. The summed E-state index contributed by atoms with van der Waals surface area (Å²) >= 11 is 0. The number of likely N-dealkylation sites (tertiary alicyclic amines) is 1. The van der Waals surface area contributed by atoms with Gasteiger partial charge in [-0.2, -0.15) is 0 Å². The molecular formula is C20H26N2O6. The van der Waals surface area contributed by atoms with E-state index in [-0.39, 0.29) is 25.0 Å². The smallest absolute Gasteiger partial charge is 0.326 e. The van der Waals surface area contributed by atoms with Gasteiger partial charge in [0.05, 0.1) is 32.7 Å². The molecule has 0 bridgehead atoms. The summed E-state index contributed by atoms with van der Waals surface area (Å²) in [5.41, 5.74) is -0.561. The van der Waals surface area contributed by atoms with Crippen LogP contribution in [0.5, 0.6) is 11.5 Å². The van der Waals surface area contributed by atoms with Crippen LogP contribution in [0.1, 0.15) is 32.4 Å². The van der Waals surface area contributed by atoms with Crippen LogP contribution in [-0.2, 0) is 19.1 Å². The first-order valence-electron chi connectivity index (χ1n) is 9.36. The summed E-state index contributed by atoms with van der Waals surface area (Å²) in [7, 11) is 3.07. The van der Waals surface area contributed by atoms with E-state index in [9.17, 15) is 14.4 Å². The van der Waals surface area contributed by atoms with Crippen LogP contribution in [0, 0.1) is 11.8 Å². The monoisotopic (exact) mass is 390 g/mol. The number of carbonyl (C=O) groups excluding carboxylic acids is 3. The van der Waals surface area contributed by atoms with Gasteiger partial charge in [0, 0.05) is 12.6 Å². The molecule has 0 spiro atoms. The molecule has 1 aromatic carbocycles. The second kappa shape index (κ2) is 7.43. The van der Waals surface area contributed by atoms with Gasteiger partial charge in [-0.1, -0.05) is 6.07 Å². The van der Waals surface area contributed by atoms with Crippen molar-refractivity contribution in [2.45, 2.75) is 32.4 Å². The Bertz CT molecular complexity index is 810. The molecule has 2 aliphatic heterocycles. The molecule has 28 heavy (non-hydrogen) atoms. The first kappa shape index (κ1) is 20.1. The number of imide groups is 1. The number of hydrogen-bond acceptors (Lipinski definition) is 7. The van der Waals surface area contributed by atoms with Gasteiger partial charge < -0.3 is 14.2 Å². The van der Waals surface area contributed by atoms with E-state index >= 15 is 0 Å². The van der Waals surface area contributed by atoms with Gasteiger partial charge in [0.1, 0.15) is 5.54 Å². The van der Waals surface area contributed by atoms with Crippen molar-refractivity contribution in [3.63, 3.8) is 0 Å². The molecule has 4 atom stereocenters. The third-order valence-electron chi connectivity index (χ3n) is 5.66. The van der Waals surface area contributed by atoms with Gasteiger partial charge >= 0.3 is 5.97 Å². The Morgan fingerprint density at radius 1 is 1.14 bits per heavy atom. The molecular weight excluding hydrogens is 364 g/mol. The summed E-state index contributed by atoms with van der Waals surface area (Å²) < 4.78 is 15.9. The number of nitrogens with zero attached hydrogens (tertiary/aromatic N) is 1. The van der Waals surface area contributed by atoms with Crippen molar-refractivity contribution in [2.75, 3.05) is 27.4 Å². The second-order valence-electron chi connectivity index (χ2n) is 7.08. The van der Waals surface area contributed by atoms with Crippen LogP contribution in [-0.4, -0.2) is 55.6 Å². The van der Waals surface area contributed by atoms with Crippen molar-refractivity contribution in [3.8, 4) is 11.5 Å². The normalized spacial score (nSPS) is 29.0. The molecule has 8 heteroatoms. The van der Waals surface area contributed by atoms with Crippen LogP contribution in [0.3, 0.4) is 0 Å². The van der Waals surface area contributed by atoms with Crippen LogP contribution < -0.4 is 14.8 Å². The van der Waals surface area contributed by atoms with E-state index in [2.05, 4.69) is 5.32 Å². The molecule has 1 aromatic rings. The maximum atomic E-state index is 13.0. The SMILES string of the molecule is CCOC(=O)[C@]1(C)N[C@@H](c2ccc(OC)c(OC)c2)[C@@H]2C(=O)N(CC)C(=O)[C@H]21. The largest absolute Gasteiger partial charge is 0.493 e. The Labute approximate surface area is 164 Å². The topological polar surface area (TPSA) is 94.2 Å². The third kappa shape index (κ3) is 2.83. The number of fused-ring (bicyclic) bond motifs is 1. The van der Waals surface area contributed by atoms with Gasteiger partial charge in [-0.25, -0.2) is 0 Å². The molecule has 0 radical (unpaired) electrons. The lowest BCUT2D eigenvalue weighted by molar-refractivity contribution is -0.155. The van der Waals surface area contributed by atoms with E-state index in [1.165, 1.54) is 19.1 Å². The zero-order valence-electron chi connectivity index (χ0n) is 16.8. The second-order valence-corrected chi connectivity index (χ2v) is 7.08. The van der Waals surface area contributed by atoms with Crippen molar-refractivity contribution in [2.24, 2.45) is 11.8 Å². The van der Waals surface area contributed by atoms with E-state index < -0.39 is 29.4 Å². The first-order valence-corrected chi connectivity index (χ1v) is 9.36. The zero-order valence-corrected chi connectivity index (χ0v) is 16.8. The number of rotatable bonds is 6. The lowest BCUT2D eigenvalue weighted by atomic mass is 9.80. The van der Waals surface area contributed by atoms with E-state index in [4.69, 9.17) is 14.2 Å². The first-order chi connectivity index (χ1) is 13.3. The Kier molecular flexibility index (Phi) is 5.34. The third-order valence-corrected chi connectivity index (χ3v) is 5.66. The quantitative estimate of drug-likeness (QED) is 0.578. The molecule has 1 N–H and O–H groups in total. The summed E-state index contributed by atoms with van der Waals surface area (Å²) in [6.45, 7) is 5.54. The molecule has 2 heterocycles. The van der Waals surface area contributed by atoms with Crippen molar-refractivity contribution >= 4 is 17.8 Å². The average molecular weight is 390 g/mol. The highest BCUT2D eigenvalue weighted by Gasteiger charge is 2.66. The summed E-state index contributed by atoms with van der Waals surface area (Å²) in [5, 5.41) is 3.23. The number of hydrogen-bond donors (Lipinski definition) is 1. The standard InChI is InChI=1S/C20H26N2O6/c1-6-22-17(23)14-15(18(22)24)20(3,19(25)28-7-2)21-16(14)11-8-9-12(26-4)13(10-11)27-5/h8-10,14-16,21H,6-7H2,1-5H3/t14-,15+,16+,20-/m1/s1. The fraction of sp³-hybridized carbons (Fsp3) is 0.550. The molecule has 0 unspecified atom stereocenters. The predicted molar refractivity (Wildman–Crippen MR) is 99.8 cm³/mol. The molecule has 8 nitrogen and oxygen atoms in total. The Morgan fingerprint density at radius 2 is 1.82 bits per heavy atom. The number of benzene rings is 1. The van der Waals surface area contributed by atoms with Gasteiger partial charge in [0.15, 0.2) is 11.5 Å². The molecule has 2 fully saturated rings. The fourth-order valence-electron chi connectivity index (χ4n) is 4.31. The molecule has 2 amide bonds. The van der Waals surface area contributed by atoms with Crippen LogP contribution in [0.25, 0.3) is 0 Å². The molecule has 0 aromatic heterocycles. The summed E-state index contributed by atoms with van der Waals surface area (Å²) in [6, 6.07) is 4.77. The Hall–Kier alpha value is -2.61. The number of amides is 2. The van der Waals surface area contributed by atoms with Gasteiger partial charge in [-0.3, -0.25) is 24.6 Å².